The van der Waals surface area contributed by atoms with Crippen LogP contribution in [0.5, 0.6) is 0 Å². The maximum Gasteiger partial charge on any atom is 0.244 e. The Kier molecular flexibility index (Phi) is 6.22. The average molecular weight is 315 g/mol. The van der Waals surface area contributed by atoms with Gasteiger partial charge >= 0.3 is 0 Å². The predicted octanol–water partition coefficient (Wildman–Crippen LogP) is 1.23. The topological polar surface area (TPSA) is 90.3 Å². The summed E-state index contributed by atoms with van der Waals surface area (Å²) in [4.78, 5) is 23.8. The Morgan fingerprint density at radius 3 is 2.43 bits per heavy atom. The summed E-state index contributed by atoms with van der Waals surface area (Å²) >= 11 is 0. The number of carbonyl (C=O) groups excluding carboxylic acids is 2. The largest absolute Gasteiger partial charge is 0.309 e. The van der Waals surface area contributed by atoms with Crippen molar-refractivity contribution in [3.05, 3.63) is 0 Å². The van der Waals surface area contributed by atoms with E-state index in [2.05, 4.69) is 5.32 Å². The molecule has 120 valence electrons. The molecule has 0 spiro atoms. The molecule has 1 saturated heterocycles. The lowest BCUT2D eigenvalue weighted by atomic mass is 9.88. The molecule has 0 saturated carbocycles. The molecule has 1 rings (SSSR count). The van der Waals surface area contributed by atoms with Gasteiger partial charge in [0.05, 0.1) is 17.4 Å². The van der Waals surface area contributed by atoms with Crippen LogP contribution in [0.25, 0.3) is 0 Å². The van der Waals surface area contributed by atoms with Crippen molar-refractivity contribution in [1.82, 2.24) is 9.62 Å². The molecule has 0 aromatic heterocycles. The van der Waals surface area contributed by atoms with Crippen LogP contribution in [-0.4, -0.2) is 44.4 Å². The molecule has 0 aromatic rings. The number of amides is 2. The number of nitrogens with one attached hydrogen (secondary N) is 2. The third-order valence-corrected chi connectivity index (χ3v) is 5.14. The standard InChI is InChI=1S/C14H25N3O3S/c1-5-8-21(20)17-7-6-10(17)13(19)16-12(18)9-11(15)14(2,3)4/h10,15H,5-9H2,1-4H3,(H,16,18,19). The molecule has 0 aliphatic carbocycles. The summed E-state index contributed by atoms with van der Waals surface area (Å²) in [5.74, 6) is -0.336. The first-order valence-electron chi connectivity index (χ1n) is 7.23. The van der Waals surface area contributed by atoms with Crippen LogP contribution in [0, 0.1) is 10.8 Å². The van der Waals surface area contributed by atoms with E-state index in [-0.39, 0.29) is 17.5 Å². The van der Waals surface area contributed by atoms with Gasteiger partial charge in [-0.05, 0) is 12.8 Å². The maximum atomic E-state index is 12.0. The van der Waals surface area contributed by atoms with Crippen molar-refractivity contribution >= 4 is 28.5 Å². The molecular formula is C14H25N3O3S. The van der Waals surface area contributed by atoms with Gasteiger partial charge in [-0.25, -0.2) is 8.51 Å². The van der Waals surface area contributed by atoms with E-state index in [1.807, 2.05) is 27.7 Å². The molecule has 21 heavy (non-hydrogen) atoms. The molecule has 1 aliphatic rings. The summed E-state index contributed by atoms with van der Waals surface area (Å²) < 4.78 is 13.5. The van der Waals surface area contributed by atoms with E-state index in [0.29, 0.717) is 18.7 Å². The van der Waals surface area contributed by atoms with Crippen LogP contribution in [0.15, 0.2) is 0 Å². The monoisotopic (exact) mass is 315 g/mol. The van der Waals surface area contributed by atoms with Crippen molar-refractivity contribution in [2.24, 2.45) is 5.41 Å². The predicted molar refractivity (Wildman–Crippen MR) is 83.4 cm³/mol. The quantitative estimate of drug-likeness (QED) is 0.722. The maximum absolute atomic E-state index is 12.0. The van der Waals surface area contributed by atoms with Crippen LogP contribution in [-0.2, 0) is 20.6 Å². The Morgan fingerprint density at radius 2 is 2.00 bits per heavy atom. The summed E-state index contributed by atoms with van der Waals surface area (Å²) in [7, 11) is -1.15. The van der Waals surface area contributed by atoms with Crippen molar-refractivity contribution in [2.75, 3.05) is 12.3 Å². The zero-order valence-electron chi connectivity index (χ0n) is 13.2. The molecule has 2 atom stereocenters. The first kappa shape index (κ1) is 18.0. The summed E-state index contributed by atoms with van der Waals surface area (Å²) in [6, 6.07) is -0.481. The van der Waals surface area contributed by atoms with Gasteiger partial charge in [-0.1, -0.05) is 27.7 Å². The minimum atomic E-state index is -1.15. The number of hydrogen-bond acceptors (Lipinski definition) is 4. The molecular weight excluding hydrogens is 290 g/mol. The van der Waals surface area contributed by atoms with E-state index < -0.39 is 28.8 Å². The van der Waals surface area contributed by atoms with Gasteiger partial charge in [-0.15, -0.1) is 0 Å². The molecule has 1 aliphatic heterocycles. The Hall–Kier alpha value is -1.08. The molecule has 0 radical (unpaired) electrons. The van der Waals surface area contributed by atoms with Crippen LogP contribution in [0.1, 0.15) is 47.0 Å². The van der Waals surface area contributed by atoms with Gasteiger partial charge in [0.2, 0.25) is 11.8 Å². The average Bonchev–Trinajstić information content (AvgIpc) is 2.25. The molecule has 2 amide bonds. The molecule has 1 heterocycles. The van der Waals surface area contributed by atoms with Crippen LogP contribution in [0.4, 0.5) is 0 Å². The Bertz CT molecular complexity index is 457. The molecule has 6 nitrogen and oxygen atoms in total. The summed E-state index contributed by atoms with van der Waals surface area (Å²) in [6.45, 7) is 8.12. The second-order valence-electron chi connectivity index (χ2n) is 6.29. The SMILES string of the molecule is CCCS(=O)N1CCC1C(=O)NC(=O)CC(=N)C(C)(C)C. The Labute approximate surface area is 128 Å². The second kappa shape index (κ2) is 7.26. The van der Waals surface area contributed by atoms with Crippen molar-refractivity contribution in [1.29, 1.82) is 5.41 Å². The van der Waals surface area contributed by atoms with Crippen molar-refractivity contribution < 1.29 is 13.8 Å². The van der Waals surface area contributed by atoms with E-state index in [0.717, 1.165) is 6.42 Å². The van der Waals surface area contributed by atoms with Gasteiger partial charge in [0, 0.05) is 23.4 Å². The summed E-state index contributed by atoms with van der Waals surface area (Å²) in [6.07, 6.45) is 1.32. The van der Waals surface area contributed by atoms with Gasteiger partial charge in [-0.2, -0.15) is 0 Å². The van der Waals surface area contributed by atoms with Crippen LogP contribution < -0.4 is 5.32 Å². The van der Waals surface area contributed by atoms with Gasteiger partial charge in [-0.3, -0.25) is 14.9 Å². The van der Waals surface area contributed by atoms with Crippen molar-refractivity contribution in [3.63, 3.8) is 0 Å². The highest BCUT2D eigenvalue weighted by Gasteiger charge is 2.38. The minimum absolute atomic E-state index is 0.0833. The highest BCUT2D eigenvalue weighted by atomic mass is 32.2. The molecule has 0 aromatic carbocycles. The highest BCUT2D eigenvalue weighted by molar-refractivity contribution is 7.82. The van der Waals surface area contributed by atoms with Crippen LogP contribution >= 0.6 is 0 Å². The molecule has 7 heteroatoms. The van der Waals surface area contributed by atoms with Crippen LogP contribution in [0.3, 0.4) is 0 Å². The van der Waals surface area contributed by atoms with E-state index in [1.54, 1.807) is 4.31 Å². The number of nitrogens with zero attached hydrogens (tertiary/aromatic N) is 1. The lowest BCUT2D eigenvalue weighted by molar-refractivity contribution is -0.134. The smallest absolute Gasteiger partial charge is 0.244 e. The number of hydrogen-bond donors (Lipinski definition) is 2. The Balaban J connectivity index is 2.48. The van der Waals surface area contributed by atoms with E-state index >= 15 is 0 Å². The van der Waals surface area contributed by atoms with Crippen LogP contribution in [0.2, 0.25) is 0 Å². The first-order chi connectivity index (χ1) is 9.66. The zero-order chi connectivity index (χ0) is 16.2. The summed E-state index contributed by atoms with van der Waals surface area (Å²) in [5, 5.41) is 10.1. The minimum Gasteiger partial charge on any atom is -0.309 e. The fourth-order valence-corrected chi connectivity index (χ4v) is 3.23. The molecule has 0 bridgehead atoms. The third kappa shape index (κ3) is 5.00. The van der Waals surface area contributed by atoms with Gasteiger partial charge in [0.25, 0.3) is 0 Å². The Morgan fingerprint density at radius 1 is 1.38 bits per heavy atom. The van der Waals surface area contributed by atoms with Gasteiger partial charge < -0.3 is 5.41 Å². The highest BCUT2D eigenvalue weighted by Crippen LogP contribution is 2.21. The lowest BCUT2D eigenvalue weighted by Gasteiger charge is -2.37. The fourth-order valence-electron chi connectivity index (χ4n) is 1.85. The normalized spacial score (nSPS) is 20.5. The second-order valence-corrected chi connectivity index (χ2v) is 7.81. The summed E-state index contributed by atoms with van der Waals surface area (Å²) in [5.41, 5.74) is -0.0984. The number of rotatable bonds is 6. The van der Waals surface area contributed by atoms with Crippen molar-refractivity contribution in [3.8, 4) is 0 Å². The van der Waals surface area contributed by atoms with Gasteiger partial charge in [0.15, 0.2) is 0 Å². The van der Waals surface area contributed by atoms with Gasteiger partial charge in [0.1, 0.15) is 6.04 Å². The molecule has 2 unspecified atom stereocenters. The first-order valence-corrected chi connectivity index (χ1v) is 8.51. The number of imide groups is 1. The molecule has 1 fully saturated rings. The fraction of sp³-hybridized carbons (Fsp3) is 0.786. The third-order valence-electron chi connectivity index (χ3n) is 3.42. The van der Waals surface area contributed by atoms with Crippen molar-refractivity contribution in [2.45, 2.75) is 53.0 Å². The van der Waals surface area contributed by atoms with E-state index in [9.17, 15) is 13.8 Å². The van der Waals surface area contributed by atoms with E-state index in [4.69, 9.17) is 5.41 Å². The lowest BCUT2D eigenvalue weighted by Crippen LogP contribution is -2.57. The van der Waals surface area contributed by atoms with E-state index in [1.165, 1.54) is 0 Å². The molecule has 2 N–H and O–H groups in total. The zero-order valence-corrected chi connectivity index (χ0v) is 14.0. The number of carbonyl (C=O) groups is 2.